The summed E-state index contributed by atoms with van der Waals surface area (Å²) in [6, 6.07) is 1.53. The topological polar surface area (TPSA) is 101 Å². The zero-order chi connectivity index (χ0) is 29.9. The molecule has 10 heteroatoms. The molecule has 2 fully saturated rings. The number of nitrogens with zero attached hydrogens (tertiary/aromatic N) is 4. The molecule has 0 bridgehead atoms. The minimum Gasteiger partial charge on any atom is -0.444 e. The van der Waals surface area contributed by atoms with E-state index >= 15 is 0 Å². The van der Waals surface area contributed by atoms with Crippen LogP contribution in [0, 0.1) is 11.8 Å². The summed E-state index contributed by atoms with van der Waals surface area (Å²) in [7, 11) is 0. The molecular formula is C31H48N4O6. The van der Waals surface area contributed by atoms with Gasteiger partial charge in [0.15, 0.2) is 5.78 Å². The van der Waals surface area contributed by atoms with Gasteiger partial charge in [0.05, 0.1) is 30.9 Å². The number of hydrogen-bond acceptors (Lipinski definition) is 6. The number of piperidine rings is 1. The minimum absolute atomic E-state index is 0.0149. The highest BCUT2D eigenvalue weighted by Crippen LogP contribution is 2.30. The first-order valence-electron chi connectivity index (χ1n) is 15.3. The van der Waals surface area contributed by atoms with Gasteiger partial charge in [-0.05, 0) is 64.0 Å². The van der Waals surface area contributed by atoms with Gasteiger partial charge in [-0.15, -0.1) is 0 Å². The van der Waals surface area contributed by atoms with Crippen LogP contribution in [-0.4, -0.2) is 101 Å². The van der Waals surface area contributed by atoms with E-state index in [2.05, 4.69) is 13.8 Å². The van der Waals surface area contributed by atoms with Gasteiger partial charge in [-0.2, -0.15) is 0 Å². The monoisotopic (exact) mass is 572 g/mol. The molecule has 0 unspecified atom stereocenters. The van der Waals surface area contributed by atoms with Crippen LogP contribution in [0.1, 0.15) is 93.8 Å². The predicted molar refractivity (Wildman–Crippen MR) is 155 cm³/mol. The number of morpholine rings is 1. The average molecular weight is 573 g/mol. The van der Waals surface area contributed by atoms with Crippen LogP contribution >= 0.6 is 0 Å². The molecule has 228 valence electrons. The van der Waals surface area contributed by atoms with Gasteiger partial charge in [0.25, 0.3) is 5.91 Å². The van der Waals surface area contributed by atoms with Gasteiger partial charge >= 0.3 is 6.09 Å². The van der Waals surface area contributed by atoms with Crippen LogP contribution in [0.25, 0.3) is 0 Å². The van der Waals surface area contributed by atoms with Gasteiger partial charge in [-0.3, -0.25) is 14.4 Å². The molecule has 3 aliphatic rings. The first-order chi connectivity index (χ1) is 19.4. The van der Waals surface area contributed by atoms with E-state index in [9.17, 15) is 19.2 Å². The molecule has 1 aromatic rings. The minimum atomic E-state index is -0.687. The zero-order valence-corrected chi connectivity index (χ0v) is 25.7. The van der Waals surface area contributed by atoms with Crippen molar-refractivity contribution in [3.05, 3.63) is 23.0 Å². The first kappa shape index (κ1) is 31.1. The number of hydrogen-bond donors (Lipinski definition) is 0. The number of Topliss-reactive ketones (excluding diaryl/α,β-unsaturated/α-hetero) is 1. The fourth-order valence-electron chi connectivity index (χ4n) is 6.25. The van der Waals surface area contributed by atoms with Crippen molar-refractivity contribution in [3.8, 4) is 0 Å². The Labute approximate surface area is 244 Å². The maximum atomic E-state index is 14.4. The van der Waals surface area contributed by atoms with Gasteiger partial charge in [0.2, 0.25) is 5.91 Å². The lowest BCUT2D eigenvalue weighted by atomic mass is 9.91. The van der Waals surface area contributed by atoms with E-state index in [1.165, 1.54) is 0 Å². The summed E-state index contributed by atoms with van der Waals surface area (Å²) in [5.74, 6) is -0.366. The molecule has 0 saturated carbocycles. The van der Waals surface area contributed by atoms with Gasteiger partial charge in [-0.1, -0.05) is 20.8 Å². The molecule has 2 aliphatic heterocycles. The van der Waals surface area contributed by atoms with Crippen molar-refractivity contribution in [2.24, 2.45) is 11.8 Å². The zero-order valence-electron chi connectivity index (χ0n) is 25.7. The third kappa shape index (κ3) is 7.31. The Morgan fingerprint density at radius 3 is 2.44 bits per heavy atom. The molecule has 41 heavy (non-hydrogen) atoms. The van der Waals surface area contributed by atoms with Crippen molar-refractivity contribution >= 4 is 23.7 Å². The molecular weight excluding hydrogens is 524 g/mol. The quantitative estimate of drug-likeness (QED) is 0.490. The smallest absolute Gasteiger partial charge is 0.410 e. The molecule has 1 aliphatic carbocycles. The van der Waals surface area contributed by atoms with Gasteiger partial charge in [-0.25, -0.2) is 4.79 Å². The molecule has 0 radical (unpaired) electrons. The van der Waals surface area contributed by atoms with Crippen molar-refractivity contribution in [3.63, 3.8) is 0 Å². The number of ether oxygens (including phenoxy) is 2. The summed E-state index contributed by atoms with van der Waals surface area (Å²) in [4.78, 5) is 59.6. The average Bonchev–Trinajstić information content (AvgIpc) is 3.30. The number of carbonyl (C=O) groups is 4. The third-order valence-corrected chi connectivity index (χ3v) is 7.97. The second-order valence-electron chi connectivity index (χ2n) is 13.1. The molecule has 2 saturated heterocycles. The third-order valence-electron chi connectivity index (χ3n) is 7.97. The highest BCUT2D eigenvalue weighted by Gasteiger charge is 2.42. The number of aryl methyl sites for hydroxylation is 1. The fourth-order valence-corrected chi connectivity index (χ4v) is 6.25. The van der Waals surface area contributed by atoms with Crippen molar-refractivity contribution < 1.29 is 28.7 Å². The van der Waals surface area contributed by atoms with E-state index in [1.54, 1.807) is 4.90 Å². The van der Waals surface area contributed by atoms with Crippen LogP contribution < -0.4 is 0 Å². The standard InChI is InChI=1S/C31H48N4O6/c1-7-11-34-25(17-22-9-8-10-26(36)27(22)34)29(38)35(18-21(2)3)24-16-23(28(37)32-12-14-40-15-13-32)19-33(20-24)30(39)41-31(4,5)6/h17,21,23-24H,7-16,18-20H2,1-6H3/t23-,24+/m1/s1. The predicted octanol–water partition coefficient (Wildman–Crippen LogP) is 4.00. The lowest BCUT2D eigenvalue weighted by Crippen LogP contribution is -2.58. The van der Waals surface area contributed by atoms with E-state index in [0.29, 0.717) is 63.6 Å². The number of rotatable bonds is 7. The number of ketones is 1. The van der Waals surface area contributed by atoms with Crippen LogP contribution in [0.3, 0.4) is 0 Å². The number of aromatic nitrogens is 1. The fraction of sp³-hybridized carbons (Fsp3) is 0.742. The second kappa shape index (κ2) is 13.0. The Bertz CT molecular complexity index is 1130. The van der Waals surface area contributed by atoms with Crippen LogP contribution in [0.15, 0.2) is 6.07 Å². The summed E-state index contributed by atoms with van der Waals surface area (Å²) in [6.45, 7) is 15.2. The largest absolute Gasteiger partial charge is 0.444 e. The highest BCUT2D eigenvalue weighted by atomic mass is 16.6. The van der Waals surface area contributed by atoms with E-state index in [-0.39, 0.29) is 42.6 Å². The Hall–Kier alpha value is -2.88. The van der Waals surface area contributed by atoms with Crippen molar-refractivity contribution in [1.29, 1.82) is 0 Å². The van der Waals surface area contributed by atoms with Crippen molar-refractivity contribution in [1.82, 2.24) is 19.3 Å². The van der Waals surface area contributed by atoms with Crippen molar-refractivity contribution in [2.45, 2.75) is 91.8 Å². The Kier molecular flexibility index (Phi) is 9.82. The highest BCUT2D eigenvalue weighted by molar-refractivity contribution is 6.01. The SMILES string of the molecule is CCCn1c(C(=O)N(CC(C)C)[C@H]2C[C@@H](C(=O)N3CCOCC3)CN(C(=O)OC(C)(C)C)C2)cc2c1C(=O)CCC2. The van der Waals surface area contributed by atoms with E-state index < -0.39 is 17.6 Å². The molecule has 1 aromatic heterocycles. The summed E-state index contributed by atoms with van der Waals surface area (Å²) >= 11 is 0. The molecule has 3 heterocycles. The van der Waals surface area contributed by atoms with Gasteiger partial charge in [0, 0.05) is 45.7 Å². The van der Waals surface area contributed by atoms with E-state index in [0.717, 1.165) is 24.8 Å². The van der Waals surface area contributed by atoms with Gasteiger partial charge in [0.1, 0.15) is 11.3 Å². The summed E-state index contributed by atoms with van der Waals surface area (Å²) in [5.41, 5.74) is 1.46. The summed E-state index contributed by atoms with van der Waals surface area (Å²) < 4.78 is 13.1. The number of likely N-dealkylation sites (tertiary alicyclic amines) is 1. The molecule has 10 nitrogen and oxygen atoms in total. The Morgan fingerprint density at radius 2 is 1.80 bits per heavy atom. The lowest BCUT2D eigenvalue weighted by molar-refractivity contribution is -0.142. The van der Waals surface area contributed by atoms with Crippen LogP contribution in [0.2, 0.25) is 0 Å². The number of amides is 3. The second-order valence-corrected chi connectivity index (χ2v) is 13.1. The number of carbonyl (C=O) groups excluding carboxylic acids is 4. The summed E-state index contributed by atoms with van der Waals surface area (Å²) in [6.07, 6.45) is 2.86. The molecule has 0 N–H and O–H groups in total. The van der Waals surface area contributed by atoms with E-state index in [4.69, 9.17) is 9.47 Å². The normalized spacial score (nSPS) is 21.6. The molecule has 2 atom stereocenters. The van der Waals surface area contributed by atoms with Crippen LogP contribution in [0.5, 0.6) is 0 Å². The van der Waals surface area contributed by atoms with Crippen LogP contribution in [-0.2, 0) is 27.2 Å². The Balaban J connectivity index is 1.69. The Morgan fingerprint density at radius 1 is 1.10 bits per heavy atom. The van der Waals surface area contributed by atoms with Gasteiger partial charge < -0.3 is 28.7 Å². The molecule has 0 aromatic carbocycles. The van der Waals surface area contributed by atoms with Crippen LogP contribution in [0.4, 0.5) is 4.79 Å². The van der Waals surface area contributed by atoms with E-state index in [1.807, 2.05) is 48.1 Å². The number of fused-ring (bicyclic) bond motifs is 1. The molecule has 0 spiro atoms. The lowest BCUT2D eigenvalue weighted by Gasteiger charge is -2.44. The van der Waals surface area contributed by atoms with Crippen molar-refractivity contribution in [2.75, 3.05) is 45.9 Å². The first-order valence-corrected chi connectivity index (χ1v) is 15.3. The molecule has 4 rings (SSSR count). The summed E-state index contributed by atoms with van der Waals surface area (Å²) in [5, 5.41) is 0. The maximum absolute atomic E-state index is 14.4. The maximum Gasteiger partial charge on any atom is 0.410 e. The molecule has 3 amide bonds.